The minimum Gasteiger partial charge on any atom is -0.383 e. The first-order valence-corrected chi connectivity index (χ1v) is 9.93. The molecule has 26 heavy (non-hydrogen) atoms. The van der Waals surface area contributed by atoms with Crippen molar-refractivity contribution in [3.63, 3.8) is 0 Å². The van der Waals surface area contributed by atoms with Crippen LogP contribution >= 0.6 is 23.1 Å². The molecule has 1 N–H and O–H groups in total. The number of nitrogens with one attached hydrogen (secondary N) is 1. The zero-order valence-corrected chi connectivity index (χ0v) is 16.1. The number of benzene rings is 1. The largest absolute Gasteiger partial charge is 0.383 e. The van der Waals surface area contributed by atoms with Gasteiger partial charge in [0.25, 0.3) is 5.56 Å². The van der Waals surface area contributed by atoms with E-state index in [1.54, 1.807) is 11.7 Å². The number of hydrogen-bond acceptors (Lipinski definition) is 6. The fourth-order valence-electron chi connectivity index (χ4n) is 2.53. The van der Waals surface area contributed by atoms with E-state index in [4.69, 9.17) is 4.74 Å². The number of thiophene rings is 1. The average Bonchev–Trinajstić information content (AvgIpc) is 3.10. The number of carbonyl (C=O) groups is 1. The molecule has 6 nitrogen and oxygen atoms in total. The van der Waals surface area contributed by atoms with Gasteiger partial charge < -0.3 is 10.1 Å². The van der Waals surface area contributed by atoms with Gasteiger partial charge in [0.05, 0.1) is 23.6 Å². The Morgan fingerprint density at radius 2 is 2.12 bits per heavy atom. The van der Waals surface area contributed by atoms with Gasteiger partial charge in [-0.05, 0) is 30.5 Å². The molecule has 1 aromatic carbocycles. The predicted molar refractivity (Wildman–Crippen MR) is 105 cm³/mol. The van der Waals surface area contributed by atoms with Crippen LogP contribution in [0.25, 0.3) is 15.9 Å². The Bertz CT molecular complexity index is 953. The molecule has 1 atom stereocenters. The highest BCUT2D eigenvalue weighted by atomic mass is 32.2. The van der Waals surface area contributed by atoms with Gasteiger partial charge in [-0.3, -0.25) is 14.2 Å². The van der Waals surface area contributed by atoms with Crippen molar-refractivity contribution in [2.24, 2.45) is 0 Å². The minimum absolute atomic E-state index is 0.0725. The molecule has 2 heterocycles. The summed E-state index contributed by atoms with van der Waals surface area (Å²) in [5, 5.41) is 5.21. The minimum atomic E-state index is -0.126. The number of ether oxygens (including phenoxy) is 1. The maximum absolute atomic E-state index is 12.9. The van der Waals surface area contributed by atoms with Crippen LogP contribution in [0.3, 0.4) is 0 Å². The summed E-state index contributed by atoms with van der Waals surface area (Å²) in [7, 11) is 1.59. The third-order valence-electron chi connectivity index (χ3n) is 3.62. The predicted octanol–water partition coefficient (Wildman–Crippen LogP) is 2.69. The Hall–Kier alpha value is -2.16. The fourth-order valence-corrected chi connectivity index (χ4v) is 4.12. The SMILES string of the molecule is COC[C@@H](C)NC(=O)CSc1nc2ccsc2c(=O)n1-c1ccccc1. The standard InChI is InChI=1S/C18H19N3O3S2/c1-12(10-24-2)19-15(22)11-26-18-20-14-8-9-25-16(14)17(23)21(18)13-6-4-3-5-7-13/h3-9,12H,10-11H2,1-2H3,(H,19,22)/t12-/m1/s1. The van der Waals surface area contributed by atoms with Gasteiger partial charge in [0.15, 0.2) is 5.16 Å². The molecule has 0 aliphatic rings. The van der Waals surface area contributed by atoms with Crippen LogP contribution in [0.15, 0.2) is 51.7 Å². The van der Waals surface area contributed by atoms with Crippen LogP contribution in [0.4, 0.5) is 0 Å². The van der Waals surface area contributed by atoms with E-state index in [-0.39, 0.29) is 23.3 Å². The number of thioether (sulfide) groups is 1. The molecule has 0 spiro atoms. The van der Waals surface area contributed by atoms with E-state index < -0.39 is 0 Å². The lowest BCUT2D eigenvalue weighted by Crippen LogP contribution is -2.36. The Morgan fingerprint density at radius 3 is 2.85 bits per heavy atom. The smallest absolute Gasteiger partial charge is 0.276 e. The van der Waals surface area contributed by atoms with Gasteiger partial charge >= 0.3 is 0 Å². The first-order chi connectivity index (χ1) is 12.6. The molecule has 3 aromatic rings. The number of fused-ring (bicyclic) bond motifs is 1. The van der Waals surface area contributed by atoms with Crippen molar-refractivity contribution in [3.8, 4) is 5.69 Å². The first kappa shape index (κ1) is 18.6. The number of rotatable bonds is 7. The maximum atomic E-state index is 12.9. The second kappa shape index (κ2) is 8.48. The van der Waals surface area contributed by atoms with Crippen molar-refractivity contribution in [2.45, 2.75) is 18.1 Å². The van der Waals surface area contributed by atoms with Crippen molar-refractivity contribution in [3.05, 3.63) is 52.1 Å². The number of amides is 1. The van der Waals surface area contributed by atoms with Gasteiger partial charge in [0.2, 0.25) is 5.91 Å². The van der Waals surface area contributed by atoms with Gasteiger partial charge in [-0.1, -0.05) is 30.0 Å². The number of carbonyl (C=O) groups excluding carboxylic acids is 1. The quantitative estimate of drug-likeness (QED) is 0.497. The van der Waals surface area contributed by atoms with Crippen molar-refractivity contribution in [2.75, 3.05) is 19.5 Å². The Kier molecular flexibility index (Phi) is 6.08. The fraction of sp³-hybridized carbons (Fsp3) is 0.278. The summed E-state index contributed by atoms with van der Waals surface area (Å²) >= 11 is 2.62. The average molecular weight is 390 g/mol. The molecule has 0 bridgehead atoms. The molecule has 0 fully saturated rings. The van der Waals surface area contributed by atoms with Crippen molar-refractivity contribution < 1.29 is 9.53 Å². The summed E-state index contributed by atoms with van der Waals surface area (Å²) in [4.78, 5) is 29.7. The molecular weight excluding hydrogens is 370 g/mol. The van der Waals surface area contributed by atoms with E-state index >= 15 is 0 Å². The Labute approximate surface area is 159 Å². The molecule has 0 radical (unpaired) electrons. The molecule has 3 rings (SSSR count). The molecule has 0 aliphatic heterocycles. The highest BCUT2D eigenvalue weighted by Gasteiger charge is 2.16. The molecule has 0 aliphatic carbocycles. The lowest BCUT2D eigenvalue weighted by atomic mass is 10.3. The van der Waals surface area contributed by atoms with Crippen LogP contribution in [0.5, 0.6) is 0 Å². The van der Waals surface area contributed by atoms with Crippen molar-refractivity contribution in [1.29, 1.82) is 0 Å². The van der Waals surface area contributed by atoms with Gasteiger partial charge in [0, 0.05) is 13.2 Å². The summed E-state index contributed by atoms with van der Waals surface area (Å²) in [6.45, 7) is 2.33. The second-order valence-corrected chi connectivity index (χ2v) is 7.58. The third-order valence-corrected chi connectivity index (χ3v) is 5.45. The highest BCUT2D eigenvalue weighted by molar-refractivity contribution is 7.99. The van der Waals surface area contributed by atoms with Gasteiger partial charge in [0.1, 0.15) is 4.70 Å². The lowest BCUT2D eigenvalue weighted by molar-refractivity contribution is -0.119. The van der Waals surface area contributed by atoms with Crippen molar-refractivity contribution in [1.82, 2.24) is 14.9 Å². The van der Waals surface area contributed by atoms with Crippen LogP contribution in [0.1, 0.15) is 6.92 Å². The molecule has 0 saturated heterocycles. The normalized spacial score (nSPS) is 12.2. The van der Waals surface area contributed by atoms with E-state index in [1.807, 2.05) is 48.7 Å². The van der Waals surface area contributed by atoms with E-state index in [1.165, 1.54) is 23.1 Å². The number of hydrogen-bond donors (Lipinski definition) is 1. The molecule has 1 amide bonds. The number of methoxy groups -OCH3 is 1. The third kappa shape index (κ3) is 4.14. The zero-order chi connectivity index (χ0) is 18.5. The number of nitrogens with zero attached hydrogens (tertiary/aromatic N) is 2. The zero-order valence-electron chi connectivity index (χ0n) is 14.5. The maximum Gasteiger partial charge on any atom is 0.276 e. The topological polar surface area (TPSA) is 73.2 Å². The molecule has 8 heteroatoms. The van der Waals surface area contributed by atoms with Crippen LogP contribution in [-0.2, 0) is 9.53 Å². The van der Waals surface area contributed by atoms with Gasteiger partial charge in [-0.2, -0.15) is 0 Å². The summed E-state index contributed by atoms with van der Waals surface area (Å²) in [6.07, 6.45) is 0. The van der Waals surface area contributed by atoms with Crippen LogP contribution in [-0.4, -0.2) is 41.0 Å². The molecule has 2 aromatic heterocycles. The number of aromatic nitrogens is 2. The first-order valence-electron chi connectivity index (χ1n) is 8.07. The molecular formula is C18H19N3O3S2. The lowest BCUT2D eigenvalue weighted by Gasteiger charge is -2.14. The summed E-state index contributed by atoms with van der Waals surface area (Å²) in [6, 6.07) is 11.1. The van der Waals surface area contributed by atoms with Gasteiger partial charge in [-0.15, -0.1) is 11.3 Å². The number of para-hydroxylation sites is 1. The second-order valence-electron chi connectivity index (χ2n) is 5.72. The van der Waals surface area contributed by atoms with E-state index in [9.17, 15) is 9.59 Å². The van der Waals surface area contributed by atoms with Crippen LogP contribution < -0.4 is 10.9 Å². The van der Waals surface area contributed by atoms with E-state index in [0.29, 0.717) is 22.0 Å². The van der Waals surface area contributed by atoms with Crippen molar-refractivity contribution >= 4 is 39.2 Å². The molecule has 0 unspecified atom stereocenters. The summed E-state index contributed by atoms with van der Waals surface area (Å²) in [5.41, 5.74) is 1.27. The van der Waals surface area contributed by atoms with Crippen LogP contribution in [0, 0.1) is 0 Å². The molecule has 0 saturated carbocycles. The van der Waals surface area contributed by atoms with Gasteiger partial charge in [-0.25, -0.2) is 4.98 Å². The highest BCUT2D eigenvalue weighted by Crippen LogP contribution is 2.23. The Morgan fingerprint density at radius 1 is 1.35 bits per heavy atom. The summed E-state index contributed by atoms with van der Waals surface area (Å²) in [5.74, 6) is 0.0435. The Balaban J connectivity index is 1.90. The summed E-state index contributed by atoms with van der Waals surface area (Å²) < 4.78 is 7.19. The monoisotopic (exact) mass is 389 g/mol. The molecule has 136 valence electrons. The van der Waals surface area contributed by atoms with E-state index in [0.717, 1.165) is 5.69 Å². The van der Waals surface area contributed by atoms with Crippen LogP contribution in [0.2, 0.25) is 0 Å². The van der Waals surface area contributed by atoms with E-state index in [2.05, 4.69) is 10.3 Å².